The summed E-state index contributed by atoms with van der Waals surface area (Å²) in [5.74, 6) is 1.62. The Morgan fingerprint density at radius 1 is 1.33 bits per heavy atom. The number of carbonyl (C=O) groups is 1. The molecule has 18 heavy (non-hydrogen) atoms. The first-order valence-electron chi connectivity index (χ1n) is 6.51. The number of esters is 1. The second-order valence-electron chi connectivity index (χ2n) is 5.30. The fraction of sp³-hybridized carbons (Fsp3) is 0.533. The van der Waals surface area contributed by atoms with Crippen LogP contribution in [-0.2, 0) is 9.53 Å². The molecule has 1 aromatic carbocycles. The zero-order valence-electron chi connectivity index (χ0n) is 10.8. The van der Waals surface area contributed by atoms with Crippen LogP contribution in [0.5, 0.6) is 5.75 Å². The first-order valence-corrected chi connectivity index (χ1v) is 6.51. The van der Waals surface area contributed by atoms with Gasteiger partial charge in [0, 0.05) is 18.8 Å². The van der Waals surface area contributed by atoms with Crippen molar-refractivity contribution < 1.29 is 14.3 Å². The minimum absolute atomic E-state index is 0.155. The highest BCUT2D eigenvalue weighted by Crippen LogP contribution is 2.68. The van der Waals surface area contributed by atoms with Gasteiger partial charge in [-0.15, -0.1) is 0 Å². The maximum Gasteiger partial charge on any atom is 0.303 e. The molecule has 2 saturated carbocycles. The van der Waals surface area contributed by atoms with E-state index in [2.05, 4.69) is 12.1 Å². The van der Waals surface area contributed by atoms with E-state index in [0.717, 1.165) is 12.2 Å². The van der Waals surface area contributed by atoms with Gasteiger partial charge in [0.1, 0.15) is 11.4 Å². The van der Waals surface area contributed by atoms with Crippen LogP contribution < -0.4 is 4.74 Å². The number of fused-ring (bicyclic) bond motifs is 1. The minimum Gasteiger partial charge on any atom is -0.497 e. The molecule has 0 aromatic heterocycles. The van der Waals surface area contributed by atoms with Crippen molar-refractivity contribution in [3.63, 3.8) is 0 Å². The quantitative estimate of drug-likeness (QED) is 0.769. The van der Waals surface area contributed by atoms with E-state index in [4.69, 9.17) is 9.47 Å². The van der Waals surface area contributed by atoms with Gasteiger partial charge in [-0.25, -0.2) is 0 Å². The lowest BCUT2D eigenvalue weighted by molar-refractivity contribution is -0.149. The number of benzene rings is 1. The van der Waals surface area contributed by atoms with Crippen molar-refractivity contribution in [3.05, 3.63) is 29.8 Å². The summed E-state index contributed by atoms with van der Waals surface area (Å²) in [6.07, 6.45) is 3.35. The maximum absolute atomic E-state index is 11.3. The van der Waals surface area contributed by atoms with Crippen LogP contribution in [0.15, 0.2) is 24.3 Å². The average molecular weight is 246 g/mol. The van der Waals surface area contributed by atoms with Crippen molar-refractivity contribution >= 4 is 5.97 Å². The second kappa shape index (κ2) is 4.01. The van der Waals surface area contributed by atoms with Gasteiger partial charge in [-0.05, 0) is 37.0 Å². The van der Waals surface area contributed by atoms with Crippen molar-refractivity contribution in [1.82, 2.24) is 0 Å². The van der Waals surface area contributed by atoms with Crippen molar-refractivity contribution in [3.8, 4) is 5.75 Å². The van der Waals surface area contributed by atoms with Gasteiger partial charge in [0.2, 0.25) is 0 Å². The van der Waals surface area contributed by atoms with Gasteiger partial charge < -0.3 is 9.47 Å². The zero-order valence-corrected chi connectivity index (χ0v) is 10.8. The Labute approximate surface area is 107 Å². The van der Waals surface area contributed by atoms with Gasteiger partial charge in [-0.1, -0.05) is 12.1 Å². The van der Waals surface area contributed by atoms with E-state index in [1.54, 1.807) is 7.11 Å². The molecule has 0 bridgehead atoms. The molecule has 0 spiro atoms. The van der Waals surface area contributed by atoms with E-state index in [9.17, 15) is 4.79 Å². The van der Waals surface area contributed by atoms with E-state index in [1.807, 2.05) is 12.1 Å². The summed E-state index contributed by atoms with van der Waals surface area (Å²) in [6.45, 7) is 1.51. The first kappa shape index (κ1) is 11.6. The van der Waals surface area contributed by atoms with Gasteiger partial charge in [-0.2, -0.15) is 0 Å². The molecule has 2 aliphatic rings. The predicted molar refractivity (Wildman–Crippen MR) is 67.6 cm³/mol. The standard InChI is InChI=1S/C15H18O3/c1-10(16)18-15-9-3-4-13(15)14(15)11-5-7-12(17-2)8-6-11/h5-8,13-14H,3-4,9H2,1-2H3. The van der Waals surface area contributed by atoms with Crippen LogP contribution in [0.4, 0.5) is 0 Å². The molecule has 3 atom stereocenters. The van der Waals surface area contributed by atoms with Crippen molar-refractivity contribution in [2.24, 2.45) is 5.92 Å². The van der Waals surface area contributed by atoms with E-state index in [0.29, 0.717) is 11.8 Å². The van der Waals surface area contributed by atoms with Gasteiger partial charge in [-0.3, -0.25) is 4.79 Å². The normalized spacial score (nSPS) is 32.8. The summed E-state index contributed by atoms with van der Waals surface area (Å²) >= 11 is 0. The Kier molecular flexibility index (Phi) is 2.58. The maximum atomic E-state index is 11.3. The fourth-order valence-corrected chi connectivity index (χ4v) is 3.63. The number of hydrogen-bond donors (Lipinski definition) is 0. The first-order chi connectivity index (χ1) is 8.67. The lowest BCUT2D eigenvalue weighted by Crippen LogP contribution is -2.19. The Hall–Kier alpha value is -1.51. The molecular formula is C15H18O3. The van der Waals surface area contributed by atoms with Gasteiger partial charge in [0.25, 0.3) is 0 Å². The van der Waals surface area contributed by atoms with Crippen molar-refractivity contribution in [2.75, 3.05) is 7.11 Å². The molecule has 3 nitrogen and oxygen atoms in total. The highest BCUT2D eigenvalue weighted by Gasteiger charge is 2.70. The molecule has 0 amide bonds. The topological polar surface area (TPSA) is 35.5 Å². The van der Waals surface area contributed by atoms with Gasteiger partial charge >= 0.3 is 5.97 Å². The molecule has 3 unspecified atom stereocenters. The molecular weight excluding hydrogens is 228 g/mol. The third-order valence-corrected chi connectivity index (χ3v) is 4.34. The molecule has 1 aromatic rings. The Balaban J connectivity index is 1.83. The minimum atomic E-state index is -0.194. The smallest absolute Gasteiger partial charge is 0.303 e. The largest absolute Gasteiger partial charge is 0.497 e. The van der Waals surface area contributed by atoms with Crippen LogP contribution in [0.1, 0.15) is 37.7 Å². The monoisotopic (exact) mass is 246 g/mol. The summed E-state index contributed by atoms with van der Waals surface area (Å²) in [5, 5.41) is 0. The number of ether oxygens (including phenoxy) is 2. The van der Waals surface area contributed by atoms with Crippen molar-refractivity contribution in [2.45, 2.75) is 37.7 Å². The summed E-state index contributed by atoms with van der Waals surface area (Å²) in [5.41, 5.74) is 1.07. The third kappa shape index (κ3) is 1.61. The average Bonchev–Trinajstić information content (AvgIpc) is 2.75. The second-order valence-corrected chi connectivity index (χ2v) is 5.30. The fourth-order valence-electron chi connectivity index (χ4n) is 3.63. The molecule has 0 aliphatic heterocycles. The molecule has 0 radical (unpaired) electrons. The van der Waals surface area contributed by atoms with Crippen LogP contribution in [0.2, 0.25) is 0 Å². The van der Waals surface area contributed by atoms with Crippen LogP contribution in [0.25, 0.3) is 0 Å². The van der Waals surface area contributed by atoms with E-state index in [-0.39, 0.29) is 11.6 Å². The zero-order chi connectivity index (χ0) is 12.8. The highest BCUT2D eigenvalue weighted by molar-refractivity contribution is 5.68. The van der Waals surface area contributed by atoms with Gasteiger partial charge in [0.15, 0.2) is 0 Å². The SMILES string of the molecule is COc1ccc(C2C3CCCC32OC(C)=O)cc1. The Morgan fingerprint density at radius 2 is 2.06 bits per heavy atom. The van der Waals surface area contributed by atoms with Crippen LogP contribution in [0.3, 0.4) is 0 Å². The van der Waals surface area contributed by atoms with Crippen LogP contribution in [0, 0.1) is 5.92 Å². The summed E-state index contributed by atoms with van der Waals surface area (Å²) < 4.78 is 10.8. The molecule has 0 heterocycles. The molecule has 2 fully saturated rings. The molecule has 3 heteroatoms. The summed E-state index contributed by atoms with van der Waals surface area (Å²) in [7, 11) is 1.67. The molecule has 0 saturated heterocycles. The van der Waals surface area contributed by atoms with Crippen LogP contribution in [-0.4, -0.2) is 18.7 Å². The van der Waals surface area contributed by atoms with Crippen LogP contribution >= 0.6 is 0 Å². The lowest BCUT2D eigenvalue weighted by Gasteiger charge is -2.15. The molecule has 0 N–H and O–H groups in total. The Morgan fingerprint density at radius 3 is 2.67 bits per heavy atom. The predicted octanol–water partition coefficient (Wildman–Crippen LogP) is 2.89. The molecule has 2 aliphatic carbocycles. The number of carbonyl (C=O) groups excluding carboxylic acids is 1. The summed E-state index contributed by atoms with van der Waals surface area (Å²) in [6, 6.07) is 8.13. The number of hydrogen-bond acceptors (Lipinski definition) is 3. The summed E-state index contributed by atoms with van der Waals surface area (Å²) in [4.78, 5) is 11.3. The highest BCUT2D eigenvalue weighted by atomic mass is 16.6. The van der Waals surface area contributed by atoms with E-state index in [1.165, 1.54) is 25.3 Å². The molecule has 96 valence electrons. The van der Waals surface area contributed by atoms with E-state index >= 15 is 0 Å². The third-order valence-electron chi connectivity index (χ3n) is 4.34. The van der Waals surface area contributed by atoms with Crippen molar-refractivity contribution in [1.29, 1.82) is 0 Å². The molecule has 3 rings (SSSR count). The lowest BCUT2D eigenvalue weighted by atomic mass is 10.0. The Bertz CT molecular complexity index is 465. The van der Waals surface area contributed by atoms with E-state index < -0.39 is 0 Å². The number of methoxy groups -OCH3 is 1. The number of rotatable bonds is 3. The van der Waals surface area contributed by atoms with Gasteiger partial charge in [0.05, 0.1) is 7.11 Å².